The summed E-state index contributed by atoms with van der Waals surface area (Å²) >= 11 is 6.02. The van der Waals surface area contributed by atoms with Gasteiger partial charge in [0.25, 0.3) is 0 Å². The fraction of sp³-hybridized carbons (Fsp3) is 0.300. The molecule has 0 saturated heterocycles. The Morgan fingerprint density at radius 2 is 2.04 bits per heavy atom. The number of carbonyl (C=O) groups is 1. The molecular formula is C20H19ClFN3O3. The largest absolute Gasteiger partial charge is 0.486 e. The number of hydrogen-bond acceptors (Lipinski definition) is 4. The van der Waals surface area contributed by atoms with Crippen LogP contribution in [0.3, 0.4) is 0 Å². The van der Waals surface area contributed by atoms with E-state index in [1.807, 2.05) is 23.6 Å². The van der Waals surface area contributed by atoms with Gasteiger partial charge in [-0.25, -0.2) is 9.37 Å². The smallest absolute Gasteiger partial charge is 0.240 e. The first-order valence-electron chi connectivity index (χ1n) is 9.05. The van der Waals surface area contributed by atoms with Gasteiger partial charge in [0.1, 0.15) is 31.4 Å². The third-order valence-corrected chi connectivity index (χ3v) is 4.99. The number of benzene rings is 2. The first-order chi connectivity index (χ1) is 13.6. The van der Waals surface area contributed by atoms with Crippen molar-refractivity contribution >= 4 is 28.5 Å². The number of nitrogens with zero attached hydrogens (tertiary/aromatic N) is 2. The van der Waals surface area contributed by atoms with Crippen LogP contribution in [-0.2, 0) is 24.3 Å². The molecule has 1 amide bonds. The molecule has 2 heterocycles. The fourth-order valence-electron chi connectivity index (χ4n) is 3.25. The molecule has 1 aliphatic rings. The van der Waals surface area contributed by atoms with Gasteiger partial charge < -0.3 is 19.4 Å². The van der Waals surface area contributed by atoms with E-state index in [1.54, 1.807) is 6.07 Å². The molecule has 0 spiro atoms. The average molecular weight is 404 g/mol. The van der Waals surface area contributed by atoms with Crippen LogP contribution >= 0.6 is 11.6 Å². The van der Waals surface area contributed by atoms with Crippen molar-refractivity contribution in [3.63, 3.8) is 0 Å². The Hall–Kier alpha value is -2.80. The van der Waals surface area contributed by atoms with E-state index in [1.165, 1.54) is 12.1 Å². The van der Waals surface area contributed by atoms with Crippen LogP contribution in [0.1, 0.15) is 18.3 Å². The molecule has 1 aromatic heterocycles. The Balaban J connectivity index is 1.57. The summed E-state index contributed by atoms with van der Waals surface area (Å²) in [5, 5.41) is 3.01. The van der Waals surface area contributed by atoms with Gasteiger partial charge in [0, 0.05) is 35.7 Å². The Kier molecular flexibility index (Phi) is 5.09. The summed E-state index contributed by atoms with van der Waals surface area (Å²) in [6.45, 7) is 3.04. The number of nitrogens with one attached hydrogen (secondary N) is 1. The van der Waals surface area contributed by atoms with E-state index < -0.39 is 5.82 Å². The van der Waals surface area contributed by atoms with Crippen LogP contribution < -0.4 is 14.8 Å². The van der Waals surface area contributed by atoms with Crippen LogP contribution in [0.5, 0.6) is 11.5 Å². The number of carbonyl (C=O) groups excluding carboxylic acids is 1. The lowest BCUT2D eigenvalue weighted by Crippen LogP contribution is -2.28. The summed E-state index contributed by atoms with van der Waals surface area (Å²) in [5.41, 5.74) is 1.80. The van der Waals surface area contributed by atoms with Gasteiger partial charge in [-0.1, -0.05) is 24.6 Å². The molecule has 0 saturated carbocycles. The minimum Gasteiger partial charge on any atom is -0.486 e. The molecule has 0 radical (unpaired) electrons. The number of halogens is 2. The van der Waals surface area contributed by atoms with E-state index in [0.29, 0.717) is 31.1 Å². The summed E-state index contributed by atoms with van der Waals surface area (Å²) in [7, 11) is 0. The van der Waals surface area contributed by atoms with E-state index >= 15 is 0 Å². The van der Waals surface area contributed by atoms with Crippen LogP contribution in [0.15, 0.2) is 30.3 Å². The molecule has 0 aliphatic carbocycles. The molecule has 1 N–H and O–H groups in total. The van der Waals surface area contributed by atoms with E-state index in [2.05, 4.69) is 10.3 Å². The SMILES string of the molecule is CCc1nc2cc3c(cc2n1CC(=O)NCc1c(F)cccc1Cl)OCCO3. The van der Waals surface area contributed by atoms with Crippen molar-refractivity contribution in [1.82, 2.24) is 14.9 Å². The van der Waals surface area contributed by atoms with Gasteiger partial charge in [-0.3, -0.25) is 4.79 Å². The van der Waals surface area contributed by atoms with Gasteiger partial charge in [-0.15, -0.1) is 0 Å². The number of aromatic nitrogens is 2. The monoisotopic (exact) mass is 403 g/mol. The topological polar surface area (TPSA) is 65.4 Å². The standard InChI is InChI=1S/C20H19ClFN3O3/c1-2-19-24-15-8-17-18(28-7-6-27-17)9-16(15)25(19)11-20(26)23-10-12-13(21)4-3-5-14(12)22/h3-5,8-9H,2,6-7,10-11H2,1H3,(H,23,26). The Labute approximate surface area is 166 Å². The van der Waals surface area contributed by atoms with E-state index in [4.69, 9.17) is 21.1 Å². The Bertz CT molecular complexity index is 1030. The predicted octanol–water partition coefficient (Wildman–Crippen LogP) is 3.48. The number of imidazole rings is 1. The molecule has 0 atom stereocenters. The molecule has 4 rings (SSSR count). The molecule has 0 fully saturated rings. The zero-order chi connectivity index (χ0) is 19.7. The summed E-state index contributed by atoms with van der Waals surface area (Å²) in [6.07, 6.45) is 0.660. The molecule has 146 valence electrons. The van der Waals surface area contributed by atoms with Crippen LogP contribution in [0.25, 0.3) is 11.0 Å². The third kappa shape index (κ3) is 3.49. The average Bonchev–Trinajstić information content (AvgIpc) is 3.02. The highest BCUT2D eigenvalue weighted by molar-refractivity contribution is 6.31. The Morgan fingerprint density at radius 1 is 1.29 bits per heavy atom. The molecule has 8 heteroatoms. The number of ether oxygens (including phenoxy) is 2. The van der Waals surface area contributed by atoms with Crippen molar-refractivity contribution in [3.05, 3.63) is 52.6 Å². The van der Waals surface area contributed by atoms with Gasteiger partial charge in [0.2, 0.25) is 5.91 Å². The van der Waals surface area contributed by atoms with E-state index in [0.717, 1.165) is 16.9 Å². The zero-order valence-electron chi connectivity index (χ0n) is 15.3. The summed E-state index contributed by atoms with van der Waals surface area (Å²) in [5.74, 6) is 1.37. The summed E-state index contributed by atoms with van der Waals surface area (Å²) < 4.78 is 27.0. The molecule has 3 aromatic rings. The first kappa shape index (κ1) is 18.6. The summed E-state index contributed by atoms with van der Waals surface area (Å²) in [6, 6.07) is 8.11. The fourth-order valence-corrected chi connectivity index (χ4v) is 3.48. The molecule has 2 aromatic carbocycles. The quantitative estimate of drug-likeness (QED) is 0.708. The summed E-state index contributed by atoms with van der Waals surface area (Å²) in [4.78, 5) is 17.1. The van der Waals surface area contributed by atoms with Gasteiger partial charge in [0.15, 0.2) is 11.5 Å². The maximum atomic E-state index is 13.9. The normalized spacial score (nSPS) is 13.0. The molecular weight excluding hydrogens is 385 g/mol. The van der Waals surface area contributed by atoms with Gasteiger partial charge >= 0.3 is 0 Å². The van der Waals surface area contributed by atoms with Crippen molar-refractivity contribution in [2.45, 2.75) is 26.4 Å². The molecule has 0 bridgehead atoms. The number of amides is 1. The molecule has 0 unspecified atom stereocenters. The first-order valence-corrected chi connectivity index (χ1v) is 9.43. The van der Waals surface area contributed by atoms with Crippen LogP contribution in [-0.4, -0.2) is 28.7 Å². The van der Waals surface area contributed by atoms with Gasteiger partial charge in [0.05, 0.1) is 11.0 Å². The molecule has 1 aliphatic heterocycles. The van der Waals surface area contributed by atoms with Crippen LogP contribution in [0, 0.1) is 5.82 Å². The number of hydrogen-bond donors (Lipinski definition) is 1. The van der Waals surface area contributed by atoms with Crippen molar-refractivity contribution in [2.75, 3.05) is 13.2 Å². The Morgan fingerprint density at radius 3 is 2.75 bits per heavy atom. The second-order valence-corrected chi connectivity index (χ2v) is 6.84. The minimum atomic E-state index is -0.445. The van der Waals surface area contributed by atoms with Crippen molar-refractivity contribution in [1.29, 1.82) is 0 Å². The number of fused-ring (bicyclic) bond motifs is 2. The van der Waals surface area contributed by atoms with Crippen LogP contribution in [0.4, 0.5) is 4.39 Å². The highest BCUT2D eigenvalue weighted by atomic mass is 35.5. The lowest BCUT2D eigenvalue weighted by Gasteiger charge is -2.18. The highest BCUT2D eigenvalue weighted by Gasteiger charge is 2.19. The maximum absolute atomic E-state index is 13.9. The minimum absolute atomic E-state index is 0.0186. The third-order valence-electron chi connectivity index (χ3n) is 4.63. The number of aryl methyl sites for hydroxylation is 1. The van der Waals surface area contributed by atoms with Gasteiger partial charge in [-0.05, 0) is 12.1 Å². The lowest BCUT2D eigenvalue weighted by molar-refractivity contribution is -0.121. The lowest BCUT2D eigenvalue weighted by atomic mass is 10.2. The number of rotatable bonds is 5. The second-order valence-electron chi connectivity index (χ2n) is 6.43. The second kappa shape index (κ2) is 7.67. The van der Waals surface area contributed by atoms with Gasteiger partial charge in [-0.2, -0.15) is 0 Å². The van der Waals surface area contributed by atoms with Crippen molar-refractivity contribution in [3.8, 4) is 11.5 Å². The zero-order valence-corrected chi connectivity index (χ0v) is 16.1. The maximum Gasteiger partial charge on any atom is 0.240 e. The molecule has 6 nitrogen and oxygen atoms in total. The van der Waals surface area contributed by atoms with E-state index in [9.17, 15) is 9.18 Å². The van der Waals surface area contributed by atoms with Crippen molar-refractivity contribution < 1.29 is 18.7 Å². The predicted molar refractivity (Wildman–Crippen MR) is 103 cm³/mol. The van der Waals surface area contributed by atoms with E-state index in [-0.39, 0.29) is 29.6 Å². The van der Waals surface area contributed by atoms with Crippen molar-refractivity contribution in [2.24, 2.45) is 0 Å². The van der Waals surface area contributed by atoms with Crippen LogP contribution in [0.2, 0.25) is 5.02 Å². The highest BCUT2D eigenvalue weighted by Crippen LogP contribution is 2.34. The molecule has 28 heavy (non-hydrogen) atoms.